The molecule has 1 fully saturated rings. The van der Waals surface area contributed by atoms with Gasteiger partial charge in [0.2, 0.25) is 0 Å². The molecule has 0 aromatic carbocycles. The van der Waals surface area contributed by atoms with Gasteiger partial charge in [0.1, 0.15) is 0 Å². The lowest BCUT2D eigenvalue weighted by atomic mass is 9.77. The number of rotatable bonds is 6. The van der Waals surface area contributed by atoms with Crippen molar-refractivity contribution in [2.24, 2.45) is 11.8 Å². The molecule has 1 aliphatic carbocycles. The van der Waals surface area contributed by atoms with E-state index in [0.717, 1.165) is 25.4 Å². The summed E-state index contributed by atoms with van der Waals surface area (Å²) in [5.41, 5.74) is 0. The van der Waals surface area contributed by atoms with Gasteiger partial charge in [0.15, 0.2) is 0 Å². The van der Waals surface area contributed by atoms with Crippen molar-refractivity contribution in [2.45, 2.75) is 51.7 Å². The standard InChI is InChI=1S/C16H27NOS/c1-3-5-13-7-8-16(18)14(10-13)11-17(2)12-15-6-4-9-19-15/h4,6,9,13-14,16,18H,3,5,7-8,10-12H2,1-2H3. The molecule has 108 valence electrons. The van der Waals surface area contributed by atoms with Crippen molar-refractivity contribution in [3.05, 3.63) is 22.4 Å². The molecule has 2 nitrogen and oxygen atoms in total. The molecule has 1 heterocycles. The third-order valence-corrected chi connectivity index (χ3v) is 5.16. The van der Waals surface area contributed by atoms with E-state index in [9.17, 15) is 5.11 Å². The molecule has 19 heavy (non-hydrogen) atoms. The summed E-state index contributed by atoms with van der Waals surface area (Å²) in [7, 11) is 2.18. The Labute approximate surface area is 121 Å². The first-order valence-corrected chi connectivity index (χ1v) is 8.46. The first kappa shape index (κ1) is 15.0. The van der Waals surface area contributed by atoms with Crippen LogP contribution in [0.5, 0.6) is 0 Å². The Hall–Kier alpha value is -0.380. The third kappa shape index (κ3) is 4.59. The van der Waals surface area contributed by atoms with E-state index in [0.29, 0.717) is 5.92 Å². The molecule has 1 aliphatic rings. The molecular weight excluding hydrogens is 254 g/mol. The SMILES string of the molecule is CCCC1CCC(O)C(CN(C)Cc2cccs2)C1. The Bertz CT molecular complexity index is 352. The molecule has 0 amide bonds. The number of thiophene rings is 1. The molecule has 2 rings (SSSR count). The largest absolute Gasteiger partial charge is 0.393 e. The minimum atomic E-state index is -0.0844. The van der Waals surface area contributed by atoms with Crippen LogP contribution < -0.4 is 0 Å². The second kappa shape index (κ2) is 7.41. The maximum atomic E-state index is 10.2. The van der Waals surface area contributed by atoms with Crippen molar-refractivity contribution in [3.8, 4) is 0 Å². The minimum absolute atomic E-state index is 0.0844. The summed E-state index contributed by atoms with van der Waals surface area (Å²) in [6.07, 6.45) is 5.96. The van der Waals surface area contributed by atoms with Crippen LogP contribution >= 0.6 is 11.3 Å². The lowest BCUT2D eigenvalue weighted by Gasteiger charge is -2.35. The van der Waals surface area contributed by atoms with Gasteiger partial charge in [-0.15, -0.1) is 11.3 Å². The summed E-state index contributed by atoms with van der Waals surface area (Å²) in [4.78, 5) is 3.78. The molecule has 3 atom stereocenters. The maximum Gasteiger partial charge on any atom is 0.0580 e. The van der Waals surface area contributed by atoms with E-state index < -0.39 is 0 Å². The van der Waals surface area contributed by atoms with E-state index >= 15 is 0 Å². The Morgan fingerprint density at radius 2 is 2.26 bits per heavy atom. The van der Waals surface area contributed by atoms with Crippen LogP contribution in [0, 0.1) is 11.8 Å². The van der Waals surface area contributed by atoms with Crippen molar-refractivity contribution >= 4 is 11.3 Å². The smallest absolute Gasteiger partial charge is 0.0580 e. The van der Waals surface area contributed by atoms with Gasteiger partial charge in [-0.25, -0.2) is 0 Å². The Morgan fingerprint density at radius 3 is 2.95 bits per heavy atom. The van der Waals surface area contributed by atoms with Crippen LogP contribution in [0.25, 0.3) is 0 Å². The van der Waals surface area contributed by atoms with Crippen LogP contribution in [0.1, 0.15) is 43.9 Å². The van der Waals surface area contributed by atoms with Gasteiger partial charge in [0.25, 0.3) is 0 Å². The fourth-order valence-corrected chi connectivity index (χ4v) is 4.13. The lowest BCUT2D eigenvalue weighted by Crippen LogP contribution is -2.37. The zero-order chi connectivity index (χ0) is 13.7. The maximum absolute atomic E-state index is 10.2. The Morgan fingerprint density at radius 1 is 1.42 bits per heavy atom. The molecule has 1 saturated carbocycles. The quantitative estimate of drug-likeness (QED) is 0.858. The van der Waals surface area contributed by atoms with E-state index in [1.54, 1.807) is 0 Å². The highest BCUT2D eigenvalue weighted by Crippen LogP contribution is 2.32. The van der Waals surface area contributed by atoms with Gasteiger partial charge in [0.05, 0.1) is 6.10 Å². The molecule has 3 heteroatoms. The predicted octanol–water partition coefficient (Wildman–Crippen LogP) is 3.76. The molecule has 0 aliphatic heterocycles. The number of hydrogen-bond acceptors (Lipinski definition) is 3. The minimum Gasteiger partial charge on any atom is -0.393 e. The summed E-state index contributed by atoms with van der Waals surface area (Å²) in [6.45, 7) is 4.31. The second-order valence-corrected chi connectivity index (χ2v) is 7.10. The first-order valence-electron chi connectivity index (χ1n) is 7.58. The van der Waals surface area contributed by atoms with Crippen molar-refractivity contribution in [3.63, 3.8) is 0 Å². The fourth-order valence-electron chi connectivity index (χ4n) is 3.35. The van der Waals surface area contributed by atoms with Gasteiger partial charge in [-0.2, -0.15) is 0 Å². The highest BCUT2D eigenvalue weighted by molar-refractivity contribution is 7.09. The molecule has 1 N–H and O–H groups in total. The number of nitrogens with zero attached hydrogens (tertiary/aromatic N) is 1. The number of aliphatic hydroxyl groups excluding tert-OH is 1. The van der Waals surface area contributed by atoms with E-state index in [2.05, 4.69) is 36.4 Å². The van der Waals surface area contributed by atoms with Gasteiger partial charge in [-0.05, 0) is 49.6 Å². The summed E-state index contributed by atoms with van der Waals surface area (Å²) < 4.78 is 0. The number of hydrogen-bond donors (Lipinski definition) is 1. The summed E-state index contributed by atoms with van der Waals surface area (Å²) in [5, 5.41) is 12.3. The van der Waals surface area contributed by atoms with Gasteiger partial charge in [0, 0.05) is 18.0 Å². The van der Waals surface area contributed by atoms with E-state index in [4.69, 9.17) is 0 Å². The average molecular weight is 281 g/mol. The lowest BCUT2D eigenvalue weighted by molar-refractivity contribution is 0.0289. The molecule has 3 unspecified atom stereocenters. The average Bonchev–Trinajstić information content (AvgIpc) is 2.86. The van der Waals surface area contributed by atoms with E-state index in [1.807, 2.05) is 11.3 Å². The topological polar surface area (TPSA) is 23.5 Å². The highest BCUT2D eigenvalue weighted by atomic mass is 32.1. The van der Waals surface area contributed by atoms with Crippen molar-refractivity contribution < 1.29 is 5.11 Å². The monoisotopic (exact) mass is 281 g/mol. The van der Waals surface area contributed by atoms with Crippen LogP contribution in [0.15, 0.2) is 17.5 Å². The van der Waals surface area contributed by atoms with Crippen LogP contribution in [-0.4, -0.2) is 29.7 Å². The molecular formula is C16H27NOS. The molecule has 0 radical (unpaired) electrons. The Balaban J connectivity index is 1.82. The zero-order valence-corrected chi connectivity index (χ0v) is 13.0. The van der Waals surface area contributed by atoms with Crippen molar-refractivity contribution in [1.29, 1.82) is 0 Å². The first-order chi connectivity index (χ1) is 9.19. The summed E-state index contributed by atoms with van der Waals surface area (Å²) in [6, 6.07) is 4.30. The molecule has 1 aromatic heterocycles. The van der Waals surface area contributed by atoms with E-state index in [1.165, 1.54) is 30.6 Å². The van der Waals surface area contributed by atoms with Crippen LogP contribution in [0.4, 0.5) is 0 Å². The third-order valence-electron chi connectivity index (χ3n) is 4.30. The highest BCUT2D eigenvalue weighted by Gasteiger charge is 2.29. The molecule has 0 saturated heterocycles. The zero-order valence-electron chi connectivity index (χ0n) is 12.2. The number of aliphatic hydroxyl groups is 1. The van der Waals surface area contributed by atoms with Crippen molar-refractivity contribution in [1.82, 2.24) is 4.90 Å². The summed E-state index contributed by atoms with van der Waals surface area (Å²) in [5.74, 6) is 1.31. The van der Waals surface area contributed by atoms with Crippen LogP contribution in [-0.2, 0) is 6.54 Å². The van der Waals surface area contributed by atoms with Gasteiger partial charge < -0.3 is 10.0 Å². The molecule has 1 aromatic rings. The van der Waals surface area contributed by atoms with E-state index in [-0.39, 0.29) is 6.10 Å². The van der Waals surface area contributed by atoms with Crippen LogP contribution in [0.3, 0.4) is 0 Å². The molecule has 0 spiro atoms. The van der Waals surface area contributed by atoms with Crippen LogP contribution in [0.2, 0.25) is 0 Å². The van der Waals surface area contributed by atoms with Gasteiger partial charge >= 0.3 is 0 Å². The second-order valence-electron chi connectivity index (χ2n) is 6.07. The summed E-state index contributed by atoms with van der Waals surface area (Å²) >= 11 is 1.82. The van der Waals surface area contributed by atoms with Crippen molar-refractivity contribution in [2.75, 3.05) is 13.6 Å². The fraction of sp³-hybridized carbons (Fsp3) is 0.750. The normalized spacial score (nSPS) is 27.9. The van der Waals surface area contributed by atoms with Gasteiger partial charge in [-0.1, -0.05) is 25.8 Å². The van der Waals surface area contributed by atoms with Gasteiger partial charge in [-0.3, -0.25) is 0 Å². The predicted molar refractivity (Wildman–Crippen MR) is 82.4 cm³/mol. The Kier molecular flexibility index (Phi) is 5.86. The molecule has 0 bridgehead atoms.